The van der Waals surface area contributed by atoms with Crippen molar-refractivity contribution in [1.82, 2.24) is 4.98 Å². The van der Waals surface area contributed by atoms with Crippen LogP contribution in [0, 0.1) is 5.82 Å². The Bertz CT molecular complexity index is 720. The molecule has 6 heteroatoms. The molecule has 0 radical (unpaired) electrons. The van der Waals surface area contributed by atoms with Gasteiger partial charge in [0.05, 0.1) is 11.1 Å². The Balaban J connectivity index is 1.78. The number of aromatic nitrogens is 1. The minimum atomic E-state index is -0.976. The zero-order chi connectivity index (χ0) is 17.0. The molecule has 1 fully saturated rings. The van der Waals surface area contributed by atoms with Gasteiger partial charge in [-0.05, 0) is 42.7 Å². The molecule has 0 saturated carbocycles. The summed E-state index contributed by atoms with van der Waals surface area (Å²) < 4.78 is 24.2. The molecule has 1 aromatic carbocycles. The number of halogens is 1. The maximum Gasteiger partial charge on any atom is 0.317 e. The molecule has 2 heterocycles. The fourth-order valence-electron chi connectivity index (χ4n) is 2.97. The third-order valence-electron chi connectivity index (χ3n) is 4.35. The van der Waals surface area contributed by atoms with Crippen molar-refractivity contribution in [2.45, 2.75) is 18.3 Å². The average molecular weight is 331 g/mol. The van der Waals surface area contributed by atoms with E-state index in [9.17, 15) is 14.0 Å². The van der Waals surface area contributed by atoms with Gasteiger partial charge in [-0.2, -0.15) is 0 Å². The first-order valence-electron chi connectivity index (χ1n) is 7.79. The van der Waals surface area contributed by atoms with Crippen LogP contribution in [0.3, 0.4) is 0 Å². The van der Waals surface area contributed by atoms with E-state index in [1.165, 1.54) is 12.1 Å². The van der Waals surface area contributed by atoms with Gasteiger partial charge in [0.2, 0.25) is 5.78 Å². The lowest BCUT2D eigenvalue weighted by Crippen LogP contribution is -2.43. The minimum Gasteiger partial charge on any atom is -0.457 e. The fourth-order valence-corrected chi connectivity index (χ4v) is 2.97. The molecule has 0 amide bonds. The second-order valence-electron chi connectivity index (χ2n) is 5.79. The summed E-state index contributed by atoms with van der Waals surface area (Å²) in [6.07, 6.45) is 2.42. The molecular formula is C18H18FNO4. The summed E-state index contributed by atoms with van der Waals surface area (Å²) in [7, 11) is 0. The van der Waals surface area contributed by atoms with Crippen LogP contribution in [0.5, 0.6) is 0 Å². The molecule has 126 valence electrons. The number of carbonyl (C=O) groups excluding carboxylic acids is 2. The lowest BCUT2D eigenvalue weighted by atomic mass is 9.74. The fraction of sp³-hybridized carbons (Fsp3) is 0.333. The van der Waals surface area contributed by atoms with Gasteiger partial charge in [-0.25, -0.2) is 4.39 Å². The van der Waals surface area contributed by atoms with E-state index in [0.717, 1.165) is 0 Å². The standard InChI is InChI=1S/C18H18FNO4/c19-14-4-1-3-13(11-14)18(6-9-23-10-7-18)17(22)24-12-16(21)15-5-2-8-20-15/h1-5,8,11,20H,6-7,9-10,12H2. The largest absolute Gasteiger partial charge is 0.457 e. The summed E-state index contributed by atoms with van der Waals surface area (Å²) in [5, 5.41) is 0. The van der Waals surface area contributed by atoms with Gasteiger partial charge in [-0.15, -0.1) is 0 Å². The molecule has 0 aliphatic carbocycles. The molecule has 0 atom stereocenters. The van der Waals surface area contributed by atoms with Crippen molar-refractivity contribution in [3.63, 3.8) is 0 Å². The van der Waals surface area contributed by atoms with Crippen LogP contribution in [-0.2, 0) is 19.7 Å². The maximum atomic E-state index is 13.6. The lowest BCUT2D eigenvalue weighted by Gasteiger charge is -2.35. The second-order valence-corrected chi connectivity index (χ2v) is 5.79. The molecule has 0 bridgehead atoms. The number of ether oxygens (including phenoxy) is 2. The Morgan fingerprint density at radius 1 is 1.21 bits per heavy atom. The van der Waals surface area contributed by atoms with Gasteiger partial charge in [0.1, 0.15) is 5.82 Å². The van der Waals surface area contributed by atoms with E-state index in [2.05, 4.69) is 4.98 Å². The number of ketones is 1. The normalized spacial score (nSPS) is 16.5. The van der Waals surface area contributed by atoms with E-state index in [1.807, 2.05) is 0 Å². The maximum absolute atomic E-state index is 13.6. The van der Waals surface area contributed by atoms with Crippen molar-refractivity contribution in [3.05, 3.63) is 59.7 Å². The molecule has 1 aromatic heterocycles. The molecule has 2 aromatic rings. The van der Waals surface area contributed by atoms with Crippen molar-refractivity contribution in [2.24, 2.45) is 0 Å². The number of hydrogen-bond donors (Lipinski definition) is 1. The number of esters is 1. The predicted octanol–water partition coefficient (Wildman–Crippen LogP) is 2.63. The number of nitrogens with one attached hydrogen (secondary N) is 1. The highest BCUT2D eigenvalue weighted by atomic mass is 19.1. The predicted molar refractivity (Wildman–Crippen MR) is 84.2 cm³/mol. The summed E-state index contributed by atoms with van der Waals surface area (Å²) in [4.78, 5) is 27.5. The van der Waals surface area contributed by atoms with Crippen molar-refractivity contribution in [1.29, 1.82) is 0 Å². The third-order valence-corrected chi connectivity index (χ3v) is 4.35. The van der Waals surface area contributed by atoms with Crippen LogP contribution in [0.15, 0.2) is 42.6 Å². The first-order chi connectivity index (χ1) is 11.6. The van der Waals surface area contributed by atoms with Crippen LogP contribution in [0.4, 0.5) is 4.39 Å². The molecule has 3 rings (SSSR count). The van der Waals surface area contributed by atoms with Gasteiger partial charge in [0.15, 0.2) is 6.61 Å². The monoisotopic (exact) mass is 331 g/mol. The molecular weight excluding hydrogens is 313 g/mol. The number of Topliss-reactive ketones (excluding diaryl/α,β-unsaturated/α-hetero) is 1. The van der Waals surface area contributed by atoms with Crippen molar-refractivity contribution in [2.75, 3.05) is 19.8 Å². The van der Waals surface area contributed by atoms with E-state index >= 15 is 0 Å². The van der Waals surface area contributed by atoms with E-state index in [1.54, 1.807) is 30.5 Å². The van der Waals surface area contributed by atoms with E-state index in [4.69, 9.17) is 9.47 Å². The second kappa shape index (κ2) is 6.97. The van der Waals surface area contributed by atoms with Crippen LogP contribution in [0.2, 0.25) is 0 Å². The highest BCUT2D eigenvalue weighted by molar-refractivity contribution is 5.97. The van der Waals surface area contributed by atoms with Crippen LogP contribution in [0.25, 0.3) is 0 Å². The van der Waals surface area contributed by atoms with Crippen LogP contribution in [-0.4, -0.2) is 36.6 Å². The van der Waals surface area contributed by atoms with Crippen molar-refractivity contribution in [3.8, 4) is 0 Å². The summed E-state index contributed by atoms with van der Waals surface area (Å²) in [6.45, 7) is 0.420. The first kappa shape index (κ1) is 16.4. The van der Waals surface area contributed by atoms with Gasteiger partial charge in [-0.3, -0.25) is 9.59 Å². The molecule has 1 aliphatic heterocycles. The van der Waals surface area contributed by atoms with Crippen molar-refractivity contribution >= 4 is 11.8 Å². The number of rotatable bonds is 5. The Hall–Kier alpha value is -2.47. The lowest BCUT2D eigenvalue weighted by molar-refractivity contribution is -0.153. The van der Waals surface area contributed by atoms with Gasteiger partial charge in [0, 0.05) is 19.4 Å². The Kier molecular flexibility index (Phi) is 4.76. The molecule has 0 spiro atoms. The molecule has 5 nitrogen and oxygen atoms in total. The Morgan fingerprint density at radius 2 is 2.00 bits per heavy atom. The number of benzene rings is 1. The Labute approximate surface area is 138 Å². The van der Waals surface area contributed by atoms with E-state index in [-0.39, 0.29) is 12.4 Å². The van der Waals surface area contributed by atoms with Crippen LogP contribution >= 0.6 is 0 Å². The third kappa shape index (κ3) is 3.23. The molecule has 0 unspecified atom stereocenters. The van der Waals surface area contributed by atoms with Gasteiger partial charge < -0.3 is 14.5 Å². The smallest absolute Gasteiger partial charge is 0.317 e. The number of aromatic amines is 1. The van der Waals surface area contributed by atoms with Crippen LogP contribution in [0.1, 0.15) is 28.9 Å². The summed E-state index contributed by atoms with van der Waals surface area (Å²) in [6, 6.07) is 9.27. The van der Waals surface area contributed by atoms with Gasteiger partial charge in [-0.1, -0.05) is 12.1 Å². The van der Waals surface area contributed by atoms with Crippen molar-refractivity contribution < 1.29 is 23.5 Å². The summed E-state index contributed by atoms with van der Waals surface area (Å²) in [5.74, 6) is -1.24. The van der Waals surface area contributed by atoms with Gasteiger partial charge >= 0.3 is 5.97 Å². The molecule has 1 N–H and O–H groups in total. The number of hydrogen-bond acceptors (Lipinski definition) is 4. The average Bonchev–Trinajstić information content (AvgIpc) is 3.14. The van der Waals surface area contributed by atoms with E-state index < -0.39 is 17.2 Å². The highest BCUT2D eigenvalue weighted by Crippen LogP contribution is 2.36. The van der Waals surface area contributed by atoms with Gasteiger partial charge in [0.25, 0.3) is 0 Å². The number of carbonyl (C=O) groups is 2. The molecule has 1 saturated heterocycles. The zero-order valence-electron chi connectivity index (χ0n) is 13.1. The summed E-state index contributed by atoms with van der Waals surface area (Å²) in [5.41, 5.74) is -0.0335. The highest BCUT2D eigenvalue weighted by Gasteiger charge is 2.43. The number of H-pyrrole nitrogens is 1. The first-order valence-corrected chi connectivity index (χ1v) is 7.79. The molecule has 1 aliphatic rings. The SMILES string of the molecule is O=C(COC(=O)C1(c2cccc(F)c2)CCOCC1)c1ccc[nH]1. The molecule has 24 heavy (non-hydrogen) atoms. The summed E-state index contributed by atoms with van der Waals surface area (Å²) >= 11 is 0. The van der Waals surface area contributed by atoms with E-state index in [0.29, 0.717) is 37.3 Å². The zero-order valence-corrected chi connectivity index (χ0v) is 13.1. The van der Waals surface area contributed by atoms with Crippen LogP contribution < -0.4 is 0 Å². The topological polar surface area (TPSA) is 68.4 Å². The quantitative estimate of drug-likeness (QED) is 0.675. The Morgan fingerprint density at radius 3 is 2.67 bits per heavy atom. The minimum absolute atomic E-state index is 0.310.